The largest absolute Gasteiger partial charge is 0.295 e. The van der Waals surface area contributed by atoms with Crippen LogP contribution in [0.3, 0.4) is 0 Å². The van der Waals surface area contributed by atoms with Gasteiger partial charge in [-0.3, -0.25) is 4.79 Å². The van der Waals surface area contributed by atoms with Gasteiger partial charge in [0.05, 0.1) is 0 Å². The smallest absolute Gasteiger partial charge is 0.155 e. The first-order valence-corrected chi connectivity index (χ1v) is 10.8. The minimum absolute atomic E-state index is 0.325. The maximum absolute atomic E-state index is 12.0. The topological polar surface area (TPSA) is 17.1 Å². The van der Waals surface area contributed by atoms with Crippen LogP contribution in [-0.4, -0.2) is 5.78 Å². The average molecular weight is 341 g/mol. The molecule has 3 saturated carbocycles. The fourth-order valence-corrected chi connectivity index (χ4v) is 7.90. The molecule has 0 N–H and O–H groups in total. The highest BCUT2D eigenvalue weighted by atomic mass is 16.1. The van der Waals surface area contributed by atoms with Crippen LogP contribution in [0.25, 0.3) is 0 Å². The highest BCUT2D eigenvalue weighted by molar-refractivity contribution is 5.91. The highest BCUT2D eigenvalue weighted by Crippen LogP contribution is 2.67. The SMILES string of the molecule is C/C=C/C(C)C1CCC2C3CCC4=CC(=O)CCC4(C)C3CCC12C. The zero-order valence-electron chi connectivity index (χ0n) is 16.7. The molecule has 0 amide bonds. The van der Waals surface area contributed by atoms with Gasteiger partial charge in [0.1, 0.15) is 0 Å². The Morgan fingerprint density at radius 3 is 2.64 bits per heavy atom. The molecule has 3 fully saturated rings. The number of fused-ring (bicyclic) bond motifs is 5. The number of allylic oxidation sites excluding steroid dienone is 3. The van der Waals surface area contributed by atoms with Crippen LogP contribution in [0, 0.1) is 40.4 Å². The van der Waals surface area contributed by atoms with Crippen molar-refractivity contribution in [3.8, 4) is 0 Å². The molecule has 25 heavy (non-hydrogen) atoms. The molecule has 7 unspecified atom stereocenters. The Labute approximate surface area is 154 Å². The summed E-state index contributed by atoms with van der Waals surface area (Å²) in [5, 5.41) is 0. The van der Waals surface area contributed by atoms with Crippen LogP contribution < -0.4 is 0 Å². The molecule has 7 atom stereocenters. The third kappa shape index (κ3) is 2.52. The van der Waals surface area contributed by atoms with Crippen LogP contribution in [0.2, 0.25) is 0 Å². The van der Waals surface area contributed by atoms with Crippen LogP contribution in [0.4, 0.5) is 0 Å². The lowest BCUT2D eigenvalue weighted by Gasteiger charge is -2.58. The Bertz CT molecular complexity index is 614. The van der Waals surface area contributed by atoms with Crippen LogP contribution >= 0.6 is 0 Å². The first kappa shape index (κ1) is 17.6. The number of rotatable bonds is 2. The fourth-order valence-electron chi connectivity index (χ4n) is 7.90. The third-order valence-electron chi connectivity index (χ3n) is 9.17. The Morgan fingerprint density at radius 1 is 1.08 bits per heavy atom. The average Bonchev–Trinajstić information content (AvgIpc) is 2.93. The second-order valence-electron chi connectivity index (χ2n) is 10.1. The van der Waals surface area contributed by atoms with Crippen molar-refractivity contribution >= 4 is 5.78 Å². The van der Waals surface area contributed by atoms with E-state index in [1.165, 1.54) is 44.1 Å². The monoisotopic (exact) mass is 340 g/mol. The maximum atomic E-state index is 12.0. The van der Waals surface area contributed by atoms with E-state index in [2.05, 4.69) is 39.8 Å². The third-order valence-corrected chi connectivity index (χ3v) is 9.17. The van der Waals surface area contributed by atoms with Gasteiger partial charge in [-0.1, -0.05) is 38.5 Å². The van der Waals surface area contributed by atoms with E-state index in [4.69, 9.17) is 0 Å². The molecule has 0 radical (unpaired) electrons. The van der Waals surface area contributed by atoms with Crippen LogP contribution in [0.5, 0.6) is 0 Å². The van der Waals surface area contributed by atoms with Crippen molar-refractivity contribution in [1.82, 2.24) is 0 Å². The lowest BCUT2D eigenvalue weighted by atomic mass is 9.46. The predicted molar refractivity (Wildman–Crippen MR) is 104 cm³/mol. The Hall–Kier alpha value is -0.850. The van der Waals surface area contributed by atoms with E-state index in [-0.39, 0.29) is 0 Å². The molecule has 4 aliphatic rings. The van der Waals surface area contributed by atoms with E-state index < -0.39 is 0 Å². The Kier molecular flexibility index (Phi) is 4.28. The van der Waals surface area contributed by atoms with E-state index in [1.54, 1.807) is 0 Å². The van der Waals surface area contributed by atoms with Gasteiger partial charge in [0.2, 0.25) is 0 Å². The molecule has 0 aromatic carbocycles. The van der Waals surface area contributed by atoms with Crippen molar-refractivity contribution in [2.45, 2.75) is 79.1 Å². The minimum atomic E-state index is 0.325. The summed E-state index contributed by atoms with van der Waals surface area (Å²) >= 11 is 0. The van der Waals surface area contributed by atoms with Crippen LogP contribution in [0.15, 0.2) is 23.8 Å². The molecule has 0 spiro atoms. The molecule has 0 aromatic heterocycles. The summed E-state index contributed by atoms with van der Waals surface area (Å²) in [7, 11) is 0. The van der Waals surface area contributed by atoms with E-state index in [0.29, 0.717) is 16.6 Å². The maximum Gasteiger partial charge on any atom is 0.155 e. The molecule has 1 nitrogen and oxygen atoms in total. The summed E-state index contributed by atoms with van der Waals surface area (Å²) in [5.41, 5.74) is 2.37. The van der Waals surface area contributed by atoms with E-state index in [0.717, 1.165) is 42.4 Å². The molecule has 4 aliphatic carbocycles. The van der Waals surface area contributed by atoms with Crippen molar-refractivity contribution in [2.75, 3.05) is 0 Å². The molecule has 4 rings (SSSR count). The highest BCUT2D eigenvalue weighted by Gasteiger charge is 2.59. The Balaban J connectivity index is 1.62. The van der Waals surface area contributed by atoms with Crippen molar-refractivity contribution in [3.05, 3.63) is 23.8 Å². The molecular formula is C24H36O. The van der Waals surface area contributed by atoms with Gasteiger partial charge in [-0.25, -0.2) is 0 Å². The number of ketones is 1. The first-order chi connectivity index (χ1) is 11.9. The first-order valence-electron chi connectivity index (χ1n) is 10.8. The standard InChI is InChI=1S/C24H36O/c1-5-6-16(2)20-9-10-21-19-8-7-17-15-18(25)11-13-23(17,3)22(19)12-14-24(20,21)4/h5-6,15-16,19-22H,7-14H2,1-4H3/b6-5+. The molecule has 0 heterocycles. The second kappa shape index (κ2) is 6.10. The van der Waals surface area contributed by atoms with Crippen LogP contribution in [0.1, 0.15) is 79.1 Å². The van der Waals surface area contributed by atoms with Gasteiger partial charge in [0.25, 0.3) is 0 Å². The van der Waals surface area contributed by atoms with Crippen molar-refractivity contribution in [2.24, 2.45) is 40.4 Å². The van der Waals surface area contributed by atoms with Gasteiger partial charge in [-0.2, -0.15) is 0 Å². The molecule has 0 saturated heterocycles. The number of carbonyl (C=O) groups excluding carboxylic acids is 1. The van der Waals surface area contributed by atoms with E-state index in [1.807, 2.05) is 6.08 Å². The second-order valence-corrected chi connectivity index (χ2v) is 10.1. The lowest BCUT2D eigenvalue weighted by Crippen LogP contribution is -2.50. The van der Waals surface area contributed by atoms with Gasteiger partial charge in [-0.05, 0) is 98.4 Å². The summed E-state index contributed by atoms with van der Waals surface area (Å²) in [6, 6.07) is 0. The normalized spacial score (nSPS) is 47.8. The Morgan fingerprint density at radius 2 is 1.88 bits per heavy atom. The summed E-state index contributed by atoms with van der Waals surface area (Å²) in [6.07, 6.45) is 16.8. The van der Waals surface area contributed by atoms with Gasteiger partial charge < -0.3 is 0 Å². The molecule has 0 aromatic rings. The van der Waals surface area contributed by atoms with Gasteiger partial charge >= 0.3 is 0 Å². The molecule has 138 valence electrons. The van der Waals surface area contributed by atoms with Gasteiger partial charge in [0.15, 0.2) is 5.78 Å². The minimum Gasteiger partial charge on any atom is -0.295 e. The molecular weight excluding hydrogens is 304 g/mol. The summed E-state index contributed by atoms with van der Waals surface area (Å²) in [6.45, 7) is 9.74. The summed E-state index contributed by atoms with van der Waals surface area (Å²) < 4.78 is 0. The van der Waals surface area contributed by atoms with E-state index in [9.17, 15) is 4.79 Å². The summed E-state index contributed by atoms with van der Waals surface area (Å²) in [4.78, 5) is 12.0. The number of hydrogen-bond donors (Lipinski definition) is 0. The van der Waals surface area contributed by atoms with Gasteiger partial charge in [-0.15, -0.1) is 0 Å². The quantitative estimate of drug-likeness (QED) is 0.535. The molecule has 0 bridgehead atoms. The van der Waals surface area contributed by atoms with Crippen molar-refractivity contribution in [3.63, 3.8) is 0 Å². The predicted octanol–water partition coefficient (Wildman–Crippen LogP) is 6.35. The van der Waals surface area contributed by atoms with Gasteiger partial charge in [0, 0.05) is 6.42 Å². The van der Waals surface area contributed by atoms with Crippen LogP contribution in [-0.2, 0) is 4.79 Å². The number of carbonyl (C=O) groups is 1. The van der Waals surface area contributed by atoms with Crippen molar-refractivity contribution < 1.29 is 4.79 Å². The molecule has 0 aliphatic heterocycles. The summed E-state index contributed by atoms with van der Waals surface area (Å²) in [5.74, 6) is 4.62. The van der Waals surface area contributed by atoms with E-state index >= 15 is 0 Å². The molecule has 1 heteroatoms. The zero-order valence-corrected chi connectivity index (χ0v) is 16.7. The zero-order chi connectivity index (χ0) is 17.8. The van der Waals surface area contributed by atoms with Crippen molar-refractivity contribution in [1.29, 1.82) is 0 Å². The lowest BCUT2D eigenvalue weighted by molar-refractivity contribution is -0.117. The number of hydrogen-bond acceptors (Lipinski definition) is 1. The fraction of sp³-hybridized carbons (Fsp3) is 0.792.